The fourth-order valence-electron chi connectivity index (χ4n) is 4.07. The maximum absolute atomic E-state index is 13.2. The number of nitrogens with one attached hydrogen (secondary N) is 2. The van der Waals surface area contributed by atoms with Crippen molar-refractivity contribution >= 4 is 11.4 Å². The van der Waals surface area contributed by atoms with E-state index >= 15 is 0 Å². The summed E-state index contributed by atoms with van der Waals surface area (Å²) >= 11 is 0. The van der Waals surface area contributed by atoms with Crippen LogP contribution < -0.4 is 15.8 Å². The van der Waals surface area contributed by atoms with Crippen LogP contribution in [0, 0.1) is 5.82 Å². The molecule has 1 aliphatic heterocycles. The third-order valence-electron chi connectivity index (χ3n) is 5.96. The molecule has 0 fully saturated rings. The lowest BCUT2D eigenvalue weighted by Gasteiger charge is -2.42. The average Bonchev–Trinajstić information content (AvgIpc) is 2.67. The van der Waals surface area contributed by atoms with Crippen LogP contribution in [0.15, 0.2) is 64.2 Å². The minimum atomic E-state index is -0.209. The van der Waals surface area contributed by atoms with Crippen LogP contribution in [0.1, 0.15) is 45.1 Å². The number of aromatic nitrogens is 1. The molecule has 2 aromatic rings. The van der Waals surface area contributed by atoms with E-state index in [2.05, 4.69) is 42.0 Å². The zero-order valence-corrected chi connectivity index (χ0v) is 16.6. The van der Waals surface area contributed by atoms with Gasteiger partial charge in [-0.1, -0.05) is 30.2 Å². The summed E-state index contributed by atoms with van der Waals surface area (Å²) in [5.41, 5.74) is 6.80. The van der Waals surface area contributed by atoms with Crippen molar-refractivity contribution < 1.29 is 4.39 Å². The number of nitrogens with zero attached hydrogens (tertiary/aromatic N) is 1. The first kappa shape index (κ1) is 18.5. The van der Waals surface area contributed by atoms with Crippen LogP contribution in [0.25, 0.3) is 0 Å². The van der Waals surface area contributed by atoms with Gasteiger partial charge in [-0.3, -0.25) is 4.79 Å². The van der Waals surface area contributed by atoms with Gasteiger partial charge in [0, 0.05) is 24.5 Å². The van der Waals surface area contributed by atoms with Gasteiger partial charge in [0.2, 0.25) is 5.56 Å². The number of hydrogen-bond acceptors (Lipinski definition) is 3. The van der Waals surface area contributed by atoms with Crippen molar-refractivity contribution in [2.75, 3.05) is 16.8 Å². The summed E-state index contributed by atoms with van der Waals surface area (Å²) < 4.78 is 13.2. The first-order valence-corrected chi connectivity index (χ1v) is 9.82. The average molecular weight is 379 g/mol. The summed E-state index contributed by atoms with van der Waals surface area (Å²) in [6, 6.07) is 8.63. The van der Waals surface area contributed by atoms with Crippen molar-refractivity contribution in [3.8, 4) is 0 Å². The number of aromatic amines is 1. The molecule has 1 aromatic carbocycles. The van der Waals surface area contributed by atoms with Gasteiger partial charge in [-0.15, -0.1) is 0 Å². The van der Waals surface area contributed by atoms with Crippen molar-refractivity contribution in [1.29, 1.82) is 0 Å². The molecule has 0 saturated heterocycles. The third-order valence-corrected chi connectivity index (χ3v) is 5.96. The molecular weight excluding hydrogens is 353 g/mol. The number of halogens is 1. The summed E-state index contributed by atoms with van der Waals surface area (Å²) in [4.78, 5) is 17.0. The Morgan fingerprint density at radius 3 is 2.75 bits per heavy atom. The summed E-state index contributed by atoms with van der Waals surface area (Å²) in [6.07, 6.45) is 5.87. The van der Waals surface area contributed by atoms with E-state index in [-0.39, 0.29) is 17.4 Å². The van der Waals surface area contributed by atoms with Gasteiger partial charge in [-0.2, -0.15) is 0 Å². The molecule has 5 heteroatoms. The van der Waals surface area contributed by atoms with E-state index in [1.54, 1.807) is 12.3 Å². The molecule has 2 N–H and O–H groups in total. The number of rotatable bonds is 4. The second kappa shape index (κ2) is 7.30. The second-order valence-corrected chi connectivity index (χ2v) is 7.92. The normalized spacial score (nSPS) is 19.5. The number of H-pyrrole nitrogens is 1. The van der Waals surface area contributed by atoms with Crippen LogP contribution in [0.4, 0.5) is 15.8 Å². The van der Waals surface area contributed by atoms with Gasteiger partial charge in [0.25, 0.3) is 0 Å². The lowest BCUT2D eigenvalue weighted by atomic mass is 9.90. The highest BCUT2D eigenvalue weighted by Crippen LogP contribution is 2.39. The molecule has 2 atom stereocenters. The minimum absolute atomic E-state index is 0.101. The molecule has 28 heavy (non-hydrogen) atoms. The predicted octanol–water partition coefficient (Wildman–Crippen LogP) is 4.93. The van der Waals surface area contributed by atoms with Crippen LogP contribution in [-0.4, -0.2) is 17.6 Å². The molecule has 0 saturated carbocycles. The summed E-state index contributed by atoms with van der Waals surface area (Å²) in [6.45, 7) is 7.28. The van der Waals surface area contributed by atoms with Gasteiger partial charge in [-0.25, -0.2) is 4.39 Å². The molecule has 2 heterocycles. The van der Waals surface area contributed by atoms with Crippen LogP contribution in [-0.2, 0) is 0 Å². The number of pyridine rings is 1. The van der Waals surface area contributed by atoms with Crippen molar-refractivity contribution in [3.63, 3.8) is 0 Å². The molecule has 0 radical (unpaired) electrons. The highest BCUT2D eigenvalue weighted by Gasteiger charge is 2.31. The molecule has 1 aromatic heterocycles. The van der Waals surface area contributed by atoms with Crippen LogP contribution in [0.5, 0.6) is 0 Å². The Hall–Kier alpha value is -2.82. The van der Waals surface area contributed by atoms with E-state index in [0.29, 0.717) is 5.92 Å². The molecule has 2 aliphatic rings. The van der Waals surface area contributed by atoms with Gasteiger partial charge in [0.05, 0.1) is 17.4 Å². The molecule has 146 valence electrons. The van der Waals surface area contributed by atoms with E-state index in [1.807, 2.05) is 12.1 Å². The fourth-order valence-corrected chi connectivity index (χ4v) is 4.07. The maximum Gasteiger partial charge on any atom is 0.250 e. The van der Waals surface area contributed by atoms with Gasteiger partial charge < -0.3 is 15.2 Å². The Kier molecular flexibility index (Phi) is 4.84. The van der Waals surface area contributed by atoms with Crippen molar-refractivity contribution in [2.24, 2.45) is 0 Å². The first-order chi connectivity index (χ1) is 13.4. The highest BCUT2D eigenvalue weighted by atomic mass is 19.1. The van der Waals surface area contributed by atoms with Crippen molar-refractivity contribution in [2.45, 2.75) is 45.6 Å². The molecule has 1 aliphatic carbocycles. The molecule has 0 amide bonds. The number of benzene rings is 1. The van der Waals surface area contributed by atoms with Crippen LogP contribution in [0.3, 0.4) is 0 Å². The van der Waals surface area contributed by atoms with Crippen molar-refractivity contribution in [1.82, 2.24) is 4.98 Å². The number of anilines is 2. The van der Waals surface area contributed by atoms with Crippen LogP contribution >= 0.6 is 0 Å². The largest absolute Gasteiger partial charge is 0.374 e. The standard InChI is InChI=1S/C23H26FN3O/c1-14(17-4-6-18(24)7-5-17)8-9-27-21-11-16(3)15(2)10-19(21)26-20-13-25-23(28)12-22(20)27/h4-7,11-14,19,26H,8-10H2,1-3H3,(H,25,28). The predicted molar refractivity (Wildman–Crippen MR) is 112 cm³/mol. The Labute approximate surface area is 164 Å². The van der Waals surface area contributed by atoms with Gasteiger partial charge in [0.1, 0.15) is 5.82 Å². The Morgan fingerprint density at radius 2 is 2.00 bits per heavy atom. The Balaban J connectivity index is 1.64. The molecule has 0 bridgehead atoms. The van der Waals surface area contributed by atoms with E-state index in [9.17, 15) is 9.18 Å². The monoisotopic (exact) mass is 379 g/mol. The van der Waals surface area contributed by atoms with Gasteiger partial charge in [0.15, 0.2) is 0 Å². The maximum atomic E-state index is 13.2. The number of hydrogen-bond donors (Lipinski definition) is 2. The Bertz CT molecular complexity index is 1000. The Morgan fingerprint density at radius 1 is 1.25 bits per heavy atom. The van der Waals surface area contributed by atoms with Crippen LogP contribution in [0.2, 0.25) is 0 Å². The number of allylic oxidation sites excluding steroid dienone is 2. The molecule has 4 nitrogen and oxygen atoms in total. The first-order valence-electron chi connectivity index (χ1n) is 9.82. The third kappa shape index (κ3) is 3.49. The zero-order chi connectivity index (χ0) is 19.8. The smallest absolute Gasteiger partial charge is 0.250 e. The van der Waals surface area contributed by atoms with E-state index < -0.39 is 0 Å². The lowest BCUT2D eigenvalue weighted by Crippen LogP contribution is -2.42. The SMILES string of the molecule is CC1=C(C)CC2Nc3c[nH]c(=O)cc3N(CCC(C)c3ccc(F)cc3)C2=C1. The quantitative estimate of drug-likeness (QED) is 0.792. The van der Waals surface area contributed by atoms with Gasteiger partial charge >= 0.3 is 0 Å². The summed E-state index contributed by atoms with van der Waals surface area (Å²) in [5.74, 6) is 0.0843. The van der Waals surface area contributed by atoms with Crippen molar-refractivity contribution in [3.05, 3.63) is 81.2 Å². The second-order valence-electron chi connectivity index (χ2n) is 7.92. The minimum Gasteiger partial charge on any atom is -0.374 e. The highest BCUT2D eigenvalue weighted by molar-refractivity contribution is 5.76. The molecule has 4 rings (SSSR count). The molecular formula is C23H26FN3O. The van der Waals surface area contributed by atoms with Gasteiger partial charge in [-0.05, 0) is 56.4 Å². The fraction of sp³-hybridized carbons (Fsp3) is 0.348. The van der Waals surface area contributed by atoms with E-state index in [1.165, 1.54) is 29.0 Å². The summed E-state index contributed by atoms with van der Waals surface area (Å²) in [5, 5.41) is 3.58. The summed E-state index contributed by atoms with van der Waals surface area (Å²) in [7, 11) is 0. The topological polar surface area (TPSA) is 48.1 Å². The zero-order valence-electron chi connectivity index (χ0n) is 16.6. The number of fused-ring (bicyclic) bond motifs is 2. The lowest BCUT2D eigenvalue weighted by molar-refractivity contribution is 0.619. The molecule has 2 unspecified atom stereocenters. The van der Waals surface area contributed by atoms with E-state index in [4.69, 9.17) is 0 Å². The molecule has 0 spiro atoms. The van der Waals surface area contributed by atoms with E-state index in [0.717, 1.165) is 36.3 Å².